The van der Waals surface area contributed by atoms with E-state index in [-0.39, 0.29) is 5.56 Å². The van der Waals surface area contributed by atoms with Crippen LogP contribution in [0, 0.1) is 0 Å². The summed E-state index contributed by atoms with van der Waals surface area (Å²) in [6, 6.07) is 4.07. The molecule has 1 fully saturated rings. The van der Waals surface area contributed by atoms with Crippen LogP contribution in [0.1, 0.15) is 30.9 Å². The normalized spacial score (nSPS) is 24.3. The largest absolute Gasteiger partial charge is 0.496 e. The Hall–Kier alpha value is -1.23. The summed E-state index contributed by atoms with van der Waals surface area (Å²) in [5.74, 6) is 0.293. The van der Waals surface area contributed by atoms with E-state index < -0.39 is 17.3 Å². The second kappa shape index (κ2) is 4.46. The Bertz CT molecular complexity index is 436. The lowest BCUT2D eigenvalue weighted by Gasteiger charge is -2.30. The van der Waals surface area contributed by atoms with Gasteiger partial charge in [-0.2, -0.15) is 13.2 Å². The van der Waals surface area contributed by atoms with Crippen LogP contribution in [0.3, 0.4) is 0 Å². The Morgan fingerprint density at radius 3 is 2.56 bits per heavy atom. The summed E-state index contributed by atoms with van der Waals surface area (Å²) in [5, 5.41) is 3.16. The van der Waals surface area contributed by atoms with Crippen LogP contribution in [0.25, 0.3) is 0 Å². The lowest BCUT2D eigenvalue weighted by atomic mass is 9.86. The average molecular weight is 259 g/mol. The number of ether oxygens (including phenoxy) is 1. The molecule has 0 radical (unpaired) electrons. The third-order valence-electron chi connectivity index (χ3n) is 3.47. The van der Waals surface area contributed by atoms with Crippen LogP contribution in [0.4, 0.5) is 13.2 Å². The molecular formula is C13H16F3NO. The average Bonchev–Trinajstić information content (AvgIpc) is 2.75. The molecule has 5 heteroatoms. The van der Waals surface area contributed by atoms with Crippen LogP contribution in [0.2, 0.25) is 0 Å². The van der Waals surface area contributed by atoms with E-state index in [1.165, 1.54) is 13.2 Å². The summed E-state index contributed by atoms with van der Waals surface area (Å²) < 4.78 is 44.4. The van der Waals surface area contributed by atoms with E-state index in [9.17, 15) is 13.2 Å². The van der Waals surface area contributed by atoms with E-state index in [0.29, 0.717) is 12.2 Å². The molecule has 1 aromatic rings. The maximum Gasteiger partial charge on any atom is 0.416 e. The second-order valence-corrected chi connectivity index (χ2v) is 4.74. The highest BCUT2D eigenvalue weighted by Crippen LogP contribution is 2.44. The van der Waals surface area contributed by atoms with Gasteiger partial charge in [0.1, 0.15) is 5.75 Å². The Kier molecular flexibility index (Phi) is 3.27. The predicted molar refractivity (Wildman–Crippen MR) is 62.6 cm³/mol. The van der Waals surface area contributed by atoms with Gasteiger partial charge in [0.25, 0.3) is 0 Å². The zero-order valence-corrected chi connectivity index (χ0v) is 10.4. The van der Waals surface area contributed by atoms with E-state index in [0.717, 1.165) is 19.0 Å². The van der Waals surface area contributed by atoms with Crippen molar-refractivity contribution in [3.05, 3.63) is 29.3 Å². The third-order valence-corrected chi connectivity index (χ3v) is 3.47. The summed E-state index contributed by atoms with van der Waals surface area (Å²) in [6.45, 7) is 2.53. The molecule has 1 atom stereocenters. The first-order valence-electron chi connectivity index (χ1n) is 5.88. The number of nitrogens with one attached hydrogen (secondary N) is 1. The van der Waals surface area contributed by atoms with Crippen molar-refractivity contribution in [2.45, 2.75) is 31.5 Å². The highest BCUT2D eigenvalue weighted by molar-refractivity contribution is 5.47. The Balaban J connectivity index is 2.62. The number of hydrogen-bond donors (Lipinski definition) is 1. The van der Waals surface area contributed by atoms with Gasteiger partial charge in [0.05, 0.1) is 12.7 Å². The van der Waals surface area contributed by atoms with Gasteiger partial charge in [-0.15, -0.1) is 0 Å². The van der Waals surface area contributed by atoms with Crippen molar-refractivity contribution in [1.82, 2.24) is 5.32 Å². The number of alkyl halides is 3. The molecule has 1 saturated heterocycles. The number of methoxy groups -OCH3 is 1. The zero-order valence-electron chi connectivity index (χ0n) is 10.4. The van der Waals surface area contributed by atoms with Crippen LogP contribution in [0.5, 0.6) is 5.75 Å². The van der Waals surface area contributed by atoms with Gasteiger partial charge >= 0.3 is 6.18 Å². The maximum atomic E-state index is 13.1. The van der Waals surface area contributed by atoms with Crippen LogP contribution in [-0.2, 0) is 11.7 Å². The molecule has 1 heterocycles. The van der Waals surface area contributed by atoms with Crippen molar-refractivity contribution in [2.24, 2.45) is 0 Å². The van der Waals surface area contributed by atoms with Crippen molar-refractivity contribution in [3.63, 3.8) is 0 Å². The maximum absolute atomic E-state index is 13.1. The molecule has 0 saturated carbocycles. The van der Waals surface area contributed by atoms with E-state index in [4.69, 9.17) is 4.74 Å². The fraction of sp³-hybridized carbons (Fsp3) is 0.538. The fourth-order valence-corrected chi connectivity index (χ4v) is 2.61. The molecule has 0 aliphatic carbocycles. The topological polar surface area (TPSA) is 21.3 Å². The standard InChI is InChI=1S/C13H16F3NO/c1-12(7-4-8-17-12)11-9(13(14,15)16)5-3-6-10(11)18-2/h3,5-6,17H,4,7-8H2,1-2H3. The van der Waals surface area contributed by atoms with Gasteiger partial charge < -0.3 is 10.1 Å². The van der Waals surface area contributed by atoms with Gasteiger partial charge in [-0.1, -0.05) is 6.07 Å². The summed E-state index contributed by atoms with van der Waals surface area (Å²) in [4.78, 5) is 0. The Labute approximate surface area is 104 Å². The van der Waals surface area contributed by atoms with Gasteiger partial charge in [-0.3, -0.25) is 0 Å². The van der Waals surface area contributed by atoms with Crippen LogP contribution >= 0.6 is 0 Å². The van der Waals surface area contributed by atoms with Crippen molar-refractivity contribution in [1.29, 1.82) is 0 Å². The third kappa shape index (κ3) is 2.19. The first kappa shape index (κ1) is 13.2. The number of hydrogen-bond acceptors (Lipinski definition) is 2. The Morgan fingerprint density at radius 1 is 1.33 bits per heavy atom. The van der Waals surface area contributed by atoms with E-state index in [1.807, 2.05) is 0 Å². The first-order valence-corrected chi connectivity index (χ1v) is 5.88. The fourth-order valence-electron chi connectivity index (χ4n) is 2.61. The molecule has 1 unspecified atom stereocenters. The van der Waals surface area contributed by atoms with Crippen molar-refractivity contribution in [2.75, 3.05) is 13.7 Å². The number of halogens is 3. The molecule has 0 aromatic heterocycles. The minimum Gasteiger partial charge on any atom is -0.496 e. The minimum absolute atomic E-state index is 0.220. The molecule has 0 spiro atoms. The van der Waals surface area contributed by atoms with E-state index in [2.05, 4.69) is 5.32 Å². The predicted octanol–water partition coefficient (Wildman–Crippen LogP) is 3.31. The van der Waals surface area contributed by atoms with E-state index in [1.54, 1.807) is 13.0 Å². The zero-order chi connectivity index (χ0) is 13.4. The van der Waals surface area contributed by atoms with Gasteiger partial charge in [0, 0.05) is 11.1 Å². The number of benzene rings is 1. The molecule has 0 bridgehead atoms. The van der Waals surface area contributed by atoms with Gasteiger partial charge in [0.2, 0.25) is 0 Å². The van der Waals surface area contributed by atoms with Crippen molar-refractivity contribution < 1.29 is 17.9 Å². The number of rotatable bonds is 2. The summed E-state index contributed by atoms with van der Waals surface area (Å²) in [7, 11) is 1.40. The SMILES string of the molecule is COc1cccc(C(F)(F)F)c1C1(C)CCCN1. The summed E-state index contributed by atoms with van der Waals surface area (Å²) >= 11 is 0. The smallest absolute Gasteiger partial charge is 0.416 e. The highest BCUT2D eigenvalue weighted by Gasteiger charge is 2.42. The van der Waals surface area contributed by atoms with Crippen LogP contribution < -0.4 is 10.1 Å². The molecule has 1 N–H and O–H groups in total. The van der Waals surface area contributed by atoms with E-state index >= 15 is 0 Å². The van der Waals surface area contributed by atoms with Crippen LogP contribution in [0.15, 0.2) is 18.2 Å². The highest BCUT2D eigenvalue weighted by atomic mass is 19.4. The molecule has 100 valence electrons. The minimum atomic E-state index is -4.36. The molecule has 2 rings (SSSR count). The monoisotopic (exact) mass is 259 g/mol. The molecule has 2 nitrogen and oxygen atoms in total. The quantitative estimate of drug-likeness (QED) is 0.879. The van der Waals surface area contributed by atoms with Crippen molar-refractivity contribution in [3.8, 4) is 5.75 Å². The van der Waals surface area contributed by atoms with Gasteiger partial charge in [-0.05, 0) is 38.4 Å². The second-order valence-electron chi connectivity index (χ2n) is 4.74. The lowest BCUT2D eigenvalue weighted by molar-refractivity contribution is -0.139. The molecule has 1 aromatic carbocycles. The molecular weight excluding hydrogens is 243 g/mol. The first-order chi connectivity index (χ1) is 8.38. The summed E-state index contributed by atoms with van der Waals surface area (Å²) in [6.07, 6.45) is -2.82. The van der Waals surface area contributed by atoms with Gasteiger partial charge in [-0.25, -0.2) is 0 Å². The van der Waals surface area contributed by atoms with Crippen molar-refractivity contribution >= 4 is 0 Å². The van der Waals surface area contributed by atoms with Gasteiger partial charge in [0.15, 0.2) is 0 Å². The molecule has 1 aliphatic rings. The molecule has 1 aliphatic heterocycles. The van der Waals surface area contributed by atoms with Crippen LogP contribution in [-0.4, -0.2) is 13.7 Å². The molecule has 18 heavy (non-hydrogen) atoms. The summed E-state index contributed by atoms with van der Waals surface area (Å²) in [5.41, 5.74) is -1.06. The lowest BCUT2D eigenvalue weighted by Crippen LogP contribution is -2.35. The molecule has 0 amide bonds. The Morgan fingerprint density at radius 2 is 2.06 bits per heavy atom.